The molecule has 3 rings (SSSR count). The molecule has 0 unspecified atom stereocenters. The first-order chi connectivity index (χ1) is 14.8. The van der Waals surface area contributed by atoms with E-state index in [9.17, 15) is 9.59 Å². The Morgan fingerprint density at radius 2 is 1.77 bits per heavy atom. The molecule has 0 heterocycles. The van der Waals surface area contributed by atoms with E-state index in [1.54, 1.807) is 14.2 Å². The van der Waals surface area contributed by atoms with Crippen molar-refractivity contribution in [3.8, 4) is 28.4 Å². The van der Waals surface area contributed by atoms with Gasteiger partial charge in [0.1, 0.15) is 6.61 Å². The van der Waals surface area contributed by atoms with E-state index in [0.717, 1.165) is 35.1 Å². The van der Waals surface area contributed by atoms with Crippen LogP contribution in [0, 0.1) is 5.41 Å². The molecule has 1 aliphatic rings. The molecule has 166 valence electrons. The van der Waals surface area contributed by atoms with E-state index in [0.29, 0.717) is 30.2 Å². The van der Waals surface area contributed by atoms with Gasteiger partial charge in [0, 0.05) is 24.1 Å². The van der Waals surface area contributed by atoms with Gasteiger partial charge in [-0.2, -0.15) is 0 Å². The molecule has 0 spiro atoms. The van der Waals surface area contributed by atoms with Gasteiger partial charge in [-0.25, -0.2) is 0 Å². The number of ketones is 1. The summed E-state index contributed by atoms with van der Waals surface area (Å²) in [6, 6.07) is 9.59. The Morgan fingerprint density at radius 1 is 1.03 bits per heavy atom. The minimum Gasteiger partial charge on any atom is -0.493 e. The first kappa shape index (κ1) is 22.7. The maximum atomic E-state index is 12.6. The number of hydrogen-bond donors (Lipinski definition) is 1. The van der Waals surface area contributed by atoms with Gasteiger partial charge < -0.3 is 19.5 Å². The molecule has 0 bridgehead atoms. The van der Waals surface area contributed by atoms with Crippen molar-refractivity contribution in [2.75, 3.05) is 27.4 Å². The molecule has 1 N–H and O–H groups in total. The van der Waals surface area contributed by atoms with E-state index in [2.05, 4.69) is 5.32 Å². The number of aryl methyl sites for hydroxylation is 1. The Hall–Kier alpha value is -3.02. The molecule has 0 aliphatic heterocycles. The molecule has 1 amide bonds. The van der Waals surface area contributed by atoms with Crippen molar-refractivity contribution < 1.29 is 23.8 Å². The Kier molecular flexibility index (Phi) is 6.88. The third-order valence-electron chi connectivity index (χ3n) is 5.57. The smallest absolute Gasteiger partial charge is 0.229 e. The number of carbonyl (C=O) groups is 2. The van der Waals surface area contributed by atoms with Crippen LogP contribution in [-0.2, 0) is 11.2 Å². The number of carbonyl (C=O) groups excluding carboxylic acids is 2. The van der Waals surface area contributed by atoms with Gasteiger partial charge in [-0.15, -0.1) is 0 Å². The number of fused-ring (bicyclic) bond motifs is 1. The summed E-state index contributed by atoms with van der Waals surface area (Å²) in [6.07, 6.45) is 2.17. The van der Waals surface area contributed by atoms with Crippen molar-refractivity contribution in [2.24, 2.45) is 5.41 Å². The summed E-state index contributed by atoms with van der Waals surface area (Å²) in [5.74, 6) is 1.66. The number of Topliss-reactive ketones (excluding diaryl/α,β-unsaturated/α-hetero) is 1. The SMILES string of the molecule is CCCNC(=O)C(C)(C)COc1c(-c2ccc3c(c2)CCC3=O)ccc(OC)c1OC. The lowest BCUT2D eigenvalue weighted by Gasteiger charge is -2.26. The molecule has 31 heavy (non-hydrogen) atoms. The van der Waals surface area contributed by atoms with E-state index >= 15 is 0 Å². The van der Waals surface area contributed by atoms with E-state index in [1.165, 1.54) is 0 Å². The van der Waals surface area contributed by atoms with Crippen LogP contribution in [0.5, 0.6) is 17.2 Å². The summed E-state index contributed by atoms with van der Waals surface area (Å²) in [6.45, 7) is 6.52. The van der Waals surface area contributed by atoms with Crippen LogP contribution < -0.4 is 19.5 Å². The lowest BCUT2D eigenvalue weighted by atomic mass is 9.93. The lowest BCUT2D eigenvalue weighted by molar-refractivity contribution is -0.130. The molecular weight excluding hydrogens is 394 g/mol. The van der Waals surface area contributed by atoms with Crippen LogP contribution in [0.4, 0.5) is 0 Å². The zero-order chi connectivity index (χ0) is 22.6. The van der Waals surface area contributed by atoms with Crippen molar-refractivity contribution in [1.29, 1.82) is 0 Å². The summed E-state index contributed by atoms with van der Waals surface area (Å²) >= 11 is 0. The maximum Gasteiger partial charge on any atom is 0.229 e. The predicted octanol–water partition coefficient (Wildman–Crippen LogP) is 4.43. The van der Waals surface area contributed by atoms with Crippen LogP contribution >= 0.6 is 0 Å². The summed E-state index contributed by atoms with van der Waals surface area (Å²) in [5, 5.41) is 2.93. The highest BCUT2D eigenvalue weighted by Gasteiger charge is 2.30. The topological polar surface area (TPSA) is 73.9 Å². The lowest BCUT2D eigenvalue weighted by Crippen LogP contribution is -2.41. The van der Waals surface area contributed by atoms with Crippen LogP contribution in [0.15, 0.2) is 30.3 Å². The minimum absolute atomic E-state index is 0.0613. The monoisotopic (exact) mass is 425 g/mol. The Morgan fingerprint density at radius 3 is 2.45 bits per heavy atom. The fraction of sp³-hybridized carbons (Fsp3) is 0.440. The van der Waals surface area contributed by atoms with E-state index in [4.69, 9.17) is 14.2 Å². The third-order valence-corrected chi connectivity index (χ3v) is 5.57. The molecule has 0 saturated carbocycles. The molecule has 6 heteroatoms. The molecule has 1 aliphatic carbocycles. The second-order valence-electron chi connectivity index (χ2n) is 8.40. The largest absolute Gasteiger partial charge is 0.493 e. The van der Waals surface area contributed by atoms with Gasteiger partial charge >= 0.3 is 0 Å². The Bertz CT molecular complexity index is 980. The van der Waals surface area contributed by atoms with Crippen LogP contribution in [0.2, 0.25) is 0 Å². The molecule has 2 aromatic rings. The highest BCUT2D eigenvalue weighted by atomic mass is 16.5. The second kappa shape index (κ2) is 9.41. The van der Waals surface area contributed by atoms with E-state index in [-0.39, 0.29) is 18.3 Å². The average molecular weight is 426 g/mol. The van der Waals surface area contributed by atoms with Crippen molar-refractivity contribution in [1.82, 2.24) is 5.32 Å². The van der Waals surface area contributed by atoms with E-state index < -0.39 is 5.41 Å². The standard InChI is InChI=1S/C25H31NO5/c1-6-13-26-24(28)25(2,3)15-31-22-19(10-12-21(29-4)23(22)30-5)17-7-9-18-16(14-17)8-11-20(18)27/h7,9-10,12,14H,6,8,11,13,15H2,1-5H3,(H,26,28). The highest BCUT2D eigenvalue weighted by Crippen LogP contribution is 2.45. The first-order valence-corrected chi connectivity index (χ1v) is 10.6. The van der Waals surface area contributed by atoms with Crippen LogP contribution in [0.1, 0.15) is 49.5 Å². The predicted molar refractivity (Wildman–Crippen MR) is 120 cm³/mol. The molecular formula is C25H31NO5. The average Bonchev–Trinajstić information content (AvgIpc) is 3.15. The molecule has 0 aromatic heterocycles. The fourth-order valence-electron chi connectivity index (χ4n) is 3.69. The maximum absolute atomic E-state index is 12.6. The minimum atomic E-state index is -0.731. The summed E-state index contributed by atoms with van der Waals surface area (Å²) in [7, 11) is 3.14. The summed E-state index contributed by atoms with van der Waals surface area (Å²) < 4.78 is 17.3. The zero-order valence-electron chi connectivity index (χ0n) is 19.0. The second-order valence-corrected chi connectivity index (χ2v) is 8.40. The summed E-state index contributed by atoms with van der Waals surface area (Å²) in [4.78, 5) is 24.6. The number of amides is 1. The van der Waals surface area contributed by atoms with Gasteiger partial charge in [-0.1, -0.05) is 25.1 Å². The fourth-order valence-corrected chi connectivity index (χ4v) is 3.69. The number of ether oxygens (including phenoxy) is 3. The van der Waals surface area contributed by atoms with E-state index in [1.807, 2.05) is 51.1 Å². The van der Waals surface area contributed by atoms with Crippen LogP contribution in [0.25, 0.3) is 11.1 Å². The number of nitrogens with one attached hydrogen (secondary N) is 1. The molecule has 0 fully saturated rings. The van der Waals surface area contributed by atoms with Gasteiger partial charge in [-0.3, -0.25) is 9.59 Å². The Labute approximate surface area is 183 Å². The van der Waals surface area contributed by atoms with Gasteiger partial charge in [-0.05, 0) is 49.9 Å². The number of benzene rings is 2. The van der Waals surface area contributed by atoms with Crippen molar-refractivity contribution >= 4 is 11.7 Å². The van der Waals surface area contributed by atoms with Gasteiger partial charge in [0.2, 0.25) is 11.7 Å². The molecule has 2 aromatic carbocycles. The van der Waals surface area contributed by atoms with Crippen molar-refractivity contribution in [2.45, 2.75) is 40.0 Å². The first-order valence-electron chi connectivity index (χ1n) is 10.6. The van der Waals surface area contributed by atoms with Crippen LogP contribution in [0.3, 0.4) is 0 Å². The quantitative estimate of drug-likeness (QED) is 0.643. The molecule has 6 nitrogen and oxygen atoms in total. The van der Waals surface area contributed by atoms with Gasteiger partial charge in [0.05, 0.1) is 19.6 Å². The van der Waals surface area contributed by atoms with Crippen LogP contribution in [-0.4, -0.2) is 39.1 Å². The molecule has 0 saturated heterocycles. The third kappa shape index (κ3) is 4.68. The number of hydrogen-bond acceptors (Lipinski definition) is 5. The summed E-state index contributed by atoms with van der Waals surface area (Å²) in [5.41, 5.74) is 2.86. The molecule has 0 atom stereocenters. The number of rotatable bonds is 9. The highest BCUT2D eigenvalue weighted by molar-refractivity contribution is 6.01. The normalized spacial score (nSPS) is 13.0. The van der Waals surface area contributed by atoms with Gasteiger partial charge in [0.15, 0.2) is 17.3 Å². The molecule has 0 radical (unpaired) electrons. The van der Waals surface area contributed by atoms with Crippen molar-refractivity contribution in [3.63, 3.8) is 0 Å². The zero-order valence-corrected chi connectivity index (χ0v) is 19.0. The van der Waals surface area contributed by atoms with Gasteiger partial charge in [0.25, 0.3) is 0 Å². The number of methoxy groups -OCH3 is 2. The van der Waals surface area contributed by atoms with Crippen molar-refractivity contribution in [3.05, 3.63) is 41.5 Å². The Balaban J connectivity index is 1.98.